The van der Waals surface area contributed by atoms with Crippen molar-refractivity contribution in [2.45, 2.75) is 18.9 Å². The molecule has 0 saturated carbocycles. The highest BCUT2D eigenvalue weighted by Crippen LogP contribution is 2.24. The molecule has 1 aromatic heterocycles. The maximum Gasteiger partial charge on any atom is 0.273 e. The van der Waals surface area contributed by atoms with Gasteiger partial charge in [0.25, 0.3) is 5.91 Å². The van der Waals surface area contributed by atoms with E-state index in [0.717, 1.165) is 22.9 Å². The van der Waals surface area contributed by atoms with Gasteiger partial charge >= 0.3 is 0 Å². The molecule has 0 bridgehead atoms. The molecule has 2 amide bonds. The van der Waals surface area contributed by atoms with E-state index in [0.29, 0.717) is 18.7 Å². The Balaban J connectivity index is 1.59. The van der Waals surface area contributed by atoms with Crippen LogP contribution in [0.25, 0.3) is 10.8 Å². The van der Waals surface area contributed by atoms with Gasteiger partial charge in [-0.1, -0.05) is 42.5 Å². The number of pyridine rings is 1. The van der Waals surface area contributed by atoms with Gasteiger partial charge in [-0.3, -0.25) is 14.6 Å². The van der Waals surface area contributed by atoms with Gasteiger partial charge in [-0.15, -0.1) is 0 Å². The summed E-state index contributed by atoms with van der Waals surface area (Å²) in [6.07, 6.45) is 3.11. The summed E-state index contributed by atoms with van der Waals surface area (Å²) in [6, 6.07) is 18.4. The van der Waals surface area contributed by atoms with Crippen LogP contribution in [0.2, 0.25) is 0 Å². The number of hydrogen-bond donors (Lipinski definition) is 1. The molecule has 4 rings (SSSR count). The van der Waals surface area contributed by atoms with Crippen molar-refractivity contribution in [3.8, 4) is 0 Å². The average Bonchev–Trinajstić information content (AvgIpc) is 3.18. The third kappa shape index (κ3) is 3.04. The molecule has 2 heterocycles. The van der Waals surface area contributed by atoms with Gasteiger partial charge in [-0.25, -0.2) is 0 Å². The van der Waals surface area contributed by atoms with Crippen LogP contribution >= 0.6 is 0 Å². The normalized spacial score (nSPS) is 16.6. The molecule has 1 atom stereocenters. The Labute approximate surface area is 151 Å². The first-order chi connectivity index (χ1) is 12.7. The Kier molecular flexibility index (Phi) is 4.35. The lowest BCUT2D eigenvalue weighted by molar-refractivity contribution is -0.119. The molecule has 1 saturated heterocycles. The molecule has 0 radical (unpaired) electrons. The van der Waals surface area contributed by atoms with E-state index in [1.54, 1.807) is 11.1 Å². The smallest absolute Gasteiger partial charge is 0.273 e. The van der Waals surface area contributed by atoms with E-state index in [4.69, 9.17) is 0 Å². The van der Waals surface area contributed by atoms with Crippen molar-refractivity contribution in [1.82, 2.24) is 9.88 Å². The SMILES string of the molecule is O=C(Nc1ccccc1)[C@H]1CCCN1C(=O)c1nccc2ccccc12. The van der Waals surface area contributed by atoms with E-state index in [9.17, 15) is 9.59 Å². The quantitative estimate of drug-likeness (QED) is 0.790. The van der Waals surface area contributed by atoms with Crippen LogP contribution in [0.15, 0.2) is 66.9 Å². The standard InChI is InChI=1S/C21H19N3O2/c25-20(23-16-8-2-1-3-9-16)18-11-6-14-24(18)21(26)19-17-10-5-4-7-15(17)12-13-22-19/h1-5,7-10,12-13,18H,6,11,14H2,(H,23,25)/t18-/m1/s1. The minimum Gasteiger partial charge on any atom is -0.325 e. The predicted octanol–water partition coefficient (Wildman–Crippen LogP) is 3.48. The van der Waals surface area contributed by atoms with Crippen LogP contribution in [0, 0.1) is 0 Å². The van der Waals surface area contributed by atoms with Gasteiger partial charge in [-0.2, -0.15) is 0 Å². The molecular formula is C21H19N3O2. The van der Waals surface area contributed by atoms with E-state index < -0.39 is 6.04 Å². The van der Waals surface area contributed by atoms with Crippen molar-refractivity contribution in [2.24, 2.45) is 0 Å². The minimum absolute atomic E-state index is 0.151. The van der Waals surface area contributed by atoms with Gasteiger partial charge in [0.05, 0.1) is 0 Å². The Bertz CT molecular complexity index is 950. The Hall–Kier alpha value is -3.21. The number of hydrogen-bond acceptors (Lipinski definition) is 3. The minimum atomic E-state index is -0.469. The number of amides is 2. The van der Waals surface area contributed by atoms with Crippen LogP contribution in [0.5, 0.6) is 0 Å². The summed E-state index contributed by atoms with van der Waals surface area (Å²) >= 11 is 0. The second-order valence-electron chi connectivity index (χ2n) is 6.39. The van der Waals surface area contributed by atoms with Crippen LogP contribution in [0.4, 0.5) is 5.69 Å². The van der Waals surface area contributed by atoms with E-state index in [2.05, 4.69) is 10.3 Å². The van der Waals surface area contributed by atoms with Crippen LogP contribution in [-0.2, 0) is 4.79 Å². The maximum absolute atomic E-state index is 13.1. The van der Waals surface area contributed by atoms with Crippen molar-refractivity contribution in [3.63, 3.8) is 0 Å². The van der Waals surface area contributed by atoms with Gasteiger partial charge in [0, 0.05) is 23.8 Å². The summed E-state index contributed by atoms with van der Waals surface area (Å²) < 4.78 is 0. The largest absolute Gasteiger partial charge is 0.325 e. The van der Waals surface area contributed by atoms with Gasteiger partial charge in [0.15, 0.2) is 0 Å². The average molecular weight is 345 g/mol. The Morgan fingerprint density at radius 2 is 1.77 bits per heavy atom. The molecule has 0 unspecified atom stereocenters. The molecule has 1 N–H and O–H groups in total. The molecule has 0 aliphatic carbocycles. The van der Waals surface area contributed by atoms with Crippen LogP contribution < -0.4 is 5.32 Å². The predicted molar refractivity (Wildman–Crippen MR) is 101 cm³/mol. The molecule has 26 heavy (non-hydrogen) atoms. The number of benzene rings is 2. The molecule has 2 aromatic carbocycles. The van der Waals surface area contributed by atoms with Crippen molar-refractivity contribution in [2.75, 3.05) is 11.9 Å². The highest BCUT2D eigenvalue weighted by molar-refractivity contribution is 6.07. The summed E-state index contributed by atoms with van der Waals surface area (Å²) in [5.41, 5.74) is 1.14. The number of rotatable bonds is 3. The highest BCUT2D eigenvalue weighted by atomic mass is 16.2. The van der Waals surface area contributed by atoms with Gasteiger partial charge in [0.1, 0.15) is 11.7 Å². The summed E-state index contributed by atoms with van der Waals surface area (Å²) in [5, 5.41) is 4.69. The van der Waals surface area contributed by atoms with Crippen LogP contribution in [0.1, 0.15) is 23.3 Å². The number of fused-ring (bicyclic) bond motifs is 1. The number of carbonyl (C=O) groups excluding carboxylic acids is 2. The lowest BCUT2D eigenvalue weighted by atomic mass is 10.1. The zero-order valence-electron chi connectivity index (χ0n) is 14.3. The molecular weight excluding hydrogens is 326 g/mol. The number of likely N-dealkylation sites (tertiary alicyclic amines) is 1. The Morgan fingerprint density at radius 1 is 1.00 bits per heavy atom. The van der Waals surface area contributed by atoms with Crippen molar-refractivity contribution in [3.05, 3.63) is 72.6 Å². The topological polar surface area (TPSA) is 62.3 Å². The molecule has 1 aliphatic rings. The first kappa shape index (κ1) is 16.3. The number of anilines is 1. The number of aromatic nitrogens is 1. The molecule has 5 heteroatoms. The summed E-state index contributed by atoms with van der Waals surface area (Å²) in [7, 11) is 0. The second-order valence-corrected chi connectivity index (χ2v) is 6.39. The second kappa shape index (κ2) is 6.96. The number of nitrogens with zero attached hydrogens (tertiary/aromatic N) is 2. The fraction of sp³-hybridized carbons (Fsp3) is 0.190. The summed E-state index contributed by atoms with van der Waals surface area (Å²) in [6.45, 7) is 0.566. The van der Waals surface area contributed by atoms with Crippen LogP contribution in [0.3, 0.4) is 0 Å². The number of carbonyl (C=O) groups is 2. The van der Waals surface area contributed by atoms with E-state index in [-0.39, 0.29) is 11.8 Å². The molecule has 3 aromatic rings. The van der Waals surface area contributed by atoms with Crippen LogP contribution in [-0.4, -0.2) is 34.3 Å². The van der Waals surface area contributed by atoms with Gasteiger partial charge in [0.2, 0.25) is 5.91 Å². The number of para-hydroxylation sites is 1. The first-order valence-electron chi connectivity index (χ1n) is 8.75. The molecule has 1 aliphatic heterocycles. The van der Waals surface area contributed by atoms with Gasteiger partial charge in [-0.05, 0) is 36.4 Å². The Morgan fingerprint density at radius 3 is 2.62 bits per heavy atom. The number of nitrogens with one attached hydrogen (secondary N) is 1. The first-order valence-corrected chi connectivity index (χ1v) is 8.75. The van der Waals surface area contributed by atoms with Crippen molar-refractivity contribution < 1.29 is 9.59 Å². The van der Waals surface area contributed by atoms with Gasteiger partial charge < -0.3 is 10.2 Å². The summed E-state index contributed by atoms with van der Waals surface area (Å²) in [4.78, 5) is 31.8. The lowest BCUT2D eigenvalue weighted by Gasteiger charge is -2.24. The van der Waals surface area contributed by atoms with Crippen molar-refractivity contribution >= 4 is 28.3 Å². The highest BCUT2D eigenvalue weighted by Gasteiger charge is 2.35. The maximum atomic E-state index is 13.1. The fourth-order valence-electron chi connectivity index (χ4n) is 3.46. The molecule has 130 valence electrons. The van der Waals surface area contributed by atoms with Crippen molar-refractivity contribution in [1.29, 1.82) is 0 Å². The molecule has 0 spiro atoms. The van der Waals surface area contributed by atoms with E-state index in [1.807, 2.05) is 60.7 Å². The fourth-order valence-corrected chi connectivity index (χ4v) is 3.46. The monoisotopic (exact) mass is 345 g/mol. The van der Waals surface area contributed by atoms with E-state index >= 15 is 0 Å². The molecule has 5 nitrogen and oxygen atoms in total. The third-order valence-corrected chi connectivity index (χ3v) is 4.73. The van der Waals surface area contributed by atoms with E-state index in [1.165, 1.54) is 0 Å². The third-order valence-electron chi connectivity index (χ3n) is 4.73. The zero-order valence-corrected chi connectivity index (χ0v) is 14.3. The molecule has 1 fully saturated rings. The lowest BCUT2D eigenvalue weighted by Crippen LogP contribution is -2.43. The zero-order chi connectivity index (χ0) is 17.9. The summed E-state index contributed by atoms with van der Waals surface area (Å²) in [5.74, 6) is -0.338.